The molecule has 0 aliphatic carbocycles. The number of urea groups is 1. The number of fused-ring (bicyclic) bond motifs is 1. The number of nitrogens with one attached hydrogen (secondary N) is 1. The molecule has 0 aromatic heterocycles. The van der Waals surface area contributed by atoms with Gasteiger partial charge in [-0.3, -0.25) is 14.5 Å². The molecule has 4 aliphatic rings. The number of rotatable bonds is 7. The molecule has 264 valence electrons. The number of carbonyl (C=O) groups excluding carboxylic acids is 4. The summed E-state index contributed by atoms with van der Waals surface area (Å²) in [6.07, 6.45) is 2.71. The maximum absolute atomic E-state index is 14.1. The third kappa shape index (κ3) is 8.36. The van der Waals surface area contributed by atoms with Crippen molar-refractivity contribution in [3.8, 4) is 5.75 Å². The maximum atomic E-state index is 14.1. The molecule has 49 heavy (non-hydrogen) atoms. The molecule has 6 rings (SSSR count). The summed E-state index contributed by atoms with van der Waals surface area (Å²) in [5.41, 5.74) is 4.34. The van der Waals surface area contributed by atoms with Gasteiger partial charge in [-0.25, -0.2) is 9.59 Å². The van der Waals surface area contributed by atoms with Crippen LogP contribution in [0.15, 0.2) is 36.4 Å². The zero-order chi connectivity index (χ0) is 34.5. The molecule has 4 heterocycles. The molecule has 4 aliphatic heterocycles. The van der Waals surface area contributed by atoms with Crippen LogP contribution in [0.3, 0.4) is 0 Å². The highest BCUT2D eigenvalue weighted by molar-refractivity contribution is 5.91. The average Bonchev–Trinajstić information content (AvgIpc) is 3.27. The molecule has 2 aromatic rings. The number of piperazine rings is 1. The lowest BCUT2D eigenvalue weighted by Gasteiger charge is -2.41. The molecule has 1 N–H and O–H groups in total. The molecule has 0 radical (unpaired) electrons. The molecule has 1 atom stereocenters. The van der Waals surface area contributed by atoms with Crippen LogP contribution < -0.4 is 10.1 Å². The first-order valence-electron chi connectivity index (χ1n) is 17.7. The molecular formula is C37H49N5O7. The summed E-state index contributed by atoms with van der Waals surface area (Å²) in [6.45, 7) is 10.8. The molecule has 3 saturated heterocycles. The summed E-state index contributed by atoms with van der Waals surface area (Å²) < 4.78 is 17.0. The number of likely N-dealkylation sites (tertiary alicyclic amines) is 1. The summed E-state index contributed by atoms with van der Waals surface area (Å²) >= 11 is 0. The Morgan fingerprint density at radius 3 is 2.22 bits per heavy atom. The van der Waals surface area contributed by atoms with E-state index in [1.54, 1.807) is 4.90 Å². The lowest BCUT2D eigenvalue weighted by molar-refractivity contribution is -0.143. The van der Waals surface area contributed by atoms with Gasteiger partial charge in [0.1, 0.15) is 5.75 Å². The first kappa shape index (κ1) is 34.7. The highest BCUT2D eigenvalue weighted by Crippen LogP contribution is 2.28. The van der Waals surface area contributed by atoms with Gasteiger partial charge in [-0.05, 0) is 74.3 Å². The second-order valence-electron chi connectivity index (χ2n) is 13.7. The minimum Gasteiger partial charge on any atom is -0.436 e. The lowest BCUT2D eigenvalue weighted by atomic mass is 10.00. The molecule has 0 saturated carbocycles. The van der Waals surface area contributed by atoms with E-state index in [9.17, 15) is 19.2 Å². The summed E-state index contributed by atoms with van der Waals surface area (Å²) in [6, 6.07) is 12.0. The number of carbonyl (C=O) groups is 4. The van der Waals surface area contributed by atoms with E-state index in [0.717, 1.165) is 73.5 Å². The summed E-state index contributed by atoms with van der Waals surface area (Å²) in [7, 11) is 0. The van der Waals surface area contributed by atoms with Gasteiger partial charge in [-0.2, -0.15) is 0 Å². The highest BCUT2D eigenvalue weighted by Gasteiger charge is 2.36. The van der Waals surface area contributed by atoms with E-state index in [1.807, 2.05) is 60.0 Å². The van der Waals surface area contributed by atoms with Crippen LogP contribution in [0.2, 0.25) is 0 Å². The van der Waals surface area contributed by atoms with Gasteiger partial charge in [0.05, 0.1) is 0 Å². The molecule has 12 nitrogen and oxygen atoms in total. The average molecular weight is 676 g/mol. The van der Waals surface area contributed by atoms with Gasteiger partial charge in [0.15, 0.2) is 6.10 Å². The number of esters is 1. The van der Waals surface area contributed by atoms with Crippen molar-refractivity contribution in [3.63, 3.8) is 0 Å². The van der Waals surface area contributed by atoms with Crippen molar-refractivity contribution in [2.24, 2.45) is 0 Å². The molecule has 2 aromatic carbocycles. The van der Waals surface area contributed by atoms with Crippen molar-refractivity contribution >= 4 is 29.7 Å². The van der Waals surface area contributed by atoms with Gasteiger partial charge in [0.25, 0.3) is 5.91 Å². The number of benzene rings is 2. The van der Waals surface area contributed by atoms with Crippen LogP contribution in [0.1, 0.15) is 54.9 Å². The number of hydrogen-bond acceptors (Lipinski definition) is 8. The fourth-order valence-corrected chi connectivity index (χ4v) is 7.71. The number of para-hydroxylation sites is 1. The summed E-state index contributed by atoms with van der Waals surface area (Å²) in [5.74, 6) is -0.0913. The van der Waals surface area contributed by atoms with Crippen LogP contribution in [0.5, 0.6) is 5.75 Å². The van der Waals surface area contributed by atoms with Crippen molar-refractivity contribution in [1.82, 2.24) is 19.6 Å². The number of aryl methyl sites for hydroxylation is 2. The van der Waals surface area contributed by atoms with Gasteiger partial charge in [-0.15, -0.1) is 0 Å². The quantitative estimate of drug-likeness (QED) is 0.344. The standard InChI is InChI=1S/C37H49N5O7/c1-25-22-28(23-26(2)34(25)48-27(3)43)24-33(35(44)40-18-16-39(17-19-40)30-11-20-47-21-12-30)49-37(46)41-13-9-31(10-14-41)42-15-8-29-6-4-5-7-32(29)38-36(42)45/h4-7,22-23,30-31,33H,8-21,24H2,1-3H3,(H,38,45). The zero-order valence-corrected chi connectivity index (χ0v) is 28.9. The van der Waals surface area contributed by atoms with Crippen LogP contribution >= 0.6 is 0 Å². The SMILES string of the molecule is CC(=O)Oc1c(C)cc(CC(OC(=O)N2CCC(N3CCc4ccccc4NC3=O)CC2)C(=O)N2CCN(C3CCOCC3)CC2)cc1C. The Bertz CT molecular complexity index is 1500. The van der Waals surface area contributed by atoms with Gasteiger partial charge >= 0.3 is 18.1 Å². The molecule has 4 amide bonds. The first-order valence-corrected chi connectivity index (χ1v) is 17.7. The molecular weight excluding hydrogens is 626 g/mol. The summed E-state index contributed by atoms with van der Waals surface area (Å²) in [4.78, 5) is 60.3. The molecule has 1 unspecified atom stereocenters. The van der Waals surface area contributed by atoms with Crippen molar-refractivity contribution in [3.05, 3.63) is 58.7 Å². The smallest absolute Gasteiger partial charge is 0.410 e. The first-order chi connectivity index (χ1) is 23.7. The highest BCUT2D eigenvalue weighted by atomic mass is 16.6. The van der Waals surface area contributed by atoms with Gasteiger partial charge in [0, 0.05) is 90.1 Å². The number of ether oxygens (including phenoxy) is 3. The topological polar surface area (TPSA) is 121 Å². The van der Waals surface area contributed by atoms with Crippen LogP contribution in [0.4, 0.5) is 15.3 Å². The van der Waals surface area contributed by atoms with E-state index in [1.165, 1.54) is 6.92 Å². The summed E-state index contributed by atoms with van der Waals surface area (Å²) in [5, 5.41) is 3.04. The van der Waals surface area contributed by atoms with Crippen LogP contribution in [0, 0.1) is 13.8 Å². The molecule has 0 spiro atoms. The lowest BCUT2D eigenvalue weighted by Crippen LogP contribution is -2.56. The van der Waals surface area contributed by atoms with E-state index in [-0.39, 0.29) is 24.4 Å². The third-order valence-electron chi connectivity index (χ3n) is 10.3. The monoisotopic (exact) mass is 675 g/mol. The number of nitrogens with zero attached hydrogens (tertiary/aromatic N) is 4. The third-order valence-corrected chi connectivity index (χ3v) is 10.3. The van der Waals surface area contributed by atoms with E-state index in [0.29, 0.717) is 57.4 Å². The van der Waals surface area contributed by atoms with Gasteiger partial charge < -0.3 is 34.2 Å². The molecule has 0 bridgehead atoms. The van der Waals surface area contributed by atoms with Crippen molar-refractivity contribution in [2.75, 3.05) is 64.3 Å². The van der Waals surface area contributed by atoms with Crippen molar-refractivity contribution in [1.29, 1.82) is 0 Å². The number of amides is 4. The predicted molar refractivity (Wildman–Crippen MR) is 184 cm³/mol. The second kappa shape index (κ2) is 15.6. The fourth-order valence-electron chi connectivity index (χ4n) is 7.71. The fraction of sp³-hybridized carbons (Fsp3) is 0.568. The Kier molecular flexibility index (Phi) is 11.0. The zero-order valence-electron chi connectivity index (χ0n) is 28.9. The van der Waals surface area contributed by atoms with Crippen LogP contribution in [-0.4, -0.2) is 121 Å². The molecule has 3 fully saturated rings. The number of piperidine rings is 1. The Hall–Kier alpha value is -4.16. The van der Waals surface area contributed by atoms with Crippen LogP contribution in [0.25, 0.3) is 0 Å². The van der Waals surface area contributed by atoms with E-state index in [4.69, 9.17) is 14.2 Å². The Morgan fingerprint density at radius 1 is 0.878 bits per heavy atom. The number of anilines is 1. The van der Waals surface area contributed by atoms with E-state index >= 15 is 0 Å². The normalized spacial score (nSPS) is 20.2. The van der Waals surface area contributed by atoms with Crippen molar-refractivity contribution in [2.45, 2.75) is 77.5 Å². The van der Waals surface area contributed by atoms with Gasteiger partial charge in [0.2, 0.25) is 0 Å². The van der Waals surface area contributed by atoms with Gasteiger partial charge in [-0.1, -0.05) is 30.3 Å². The van der Waals surface area contributed by atoms with Crippen molar-refractivity contribution < 1.29 is 33.4 Å². The Labute approximate surface area is 288 Å². The molecule has 12 heteroatoms. The second-order valence-corrected chi connectivity index (χ2v) is 13.7. The van der Waals surface area contributed by atoms with E-state index in [2.05, 4.69) is 10.2 Å². The maximum Gasteiger partial charge on any atom is 0.410 e. The number of hydrogen-bond donors (Lipinski definition) is 1. The van der Waals surface area contributed by atoms with Crippen LogP contribution in [-0.2, 0) is 31.9 Å². The Morgan fingerprint density at radius 2 is 1.55 bits per heavy atom. The predicted octanol–water partition coefficient (Wildman–Crippen LogP) is 4.15. The van der Waals surface area contributed by atoms with E-state index < -0.39 is 18.2 Å². The minimum atomic E-state index is -1.01. The largest absolute Gasteiger partial charge is 0.436 e. The minimum absolute atomic E-state index is 0.00417. The Balaban J connectivity index is 1.11.